The Morgan fingerprint density at radius 2 is 2.19 bits per heavy atom. The van der Waals surface area contributed by atoms with Gasteiger partial charge >= 0.3 is 0 Å². The van der Waals surface area contributed by atoms with Crippen molar-refractivity contribution in [1.82, 2.24) is 0 Å². The monoisotopic (exact) mass is 243 g/mol. The molecule has 1 aliphatic carbocycles. The molecule has 1 aliphatic rings. The molecule has 0 spiro atoms. The van der Waals surface area contributed by atoms with E-state index in [2.05, 4.69) is 0 Å². The standard InChI is InChI=1S/C12H15ClFNO/c1-16-12(5-2-6-12)11(15)9-7-8(14)3-4-10(9)13/h3-4,7,11H,2,5-6,15H2,1H3. The van der Waals surface area contributed by atoms with Crippen molar-refractivity contribution in [2.75, 3.05) is 7.11 Å². The van der Waals surface area contributed by atoms with Gasteiger partial charge in [0.1, 0.15) is 5.82 Å². The molecule has 1 fully saturated rings. The molecule has 2 N–H and O–H groups in total. The van der Waals surface area contributed by atoms with E-state index in [9.17, 15) is 4.39 Å². The van der Waals surface area contributed by atoms with Crippen molar-refractivity contribution >= 4 is 11.6 Å². The first-order chi connectivity index (χ1) is 7.59. The fourth-order valence-corrected chi connectivity index (χ4v) is 2.44. The Labute approximate surface area is 99.5 Å². The molecule has 1 aromatic rings. The topological polar surface area (TPSA) is 35.2 Å². The minimum Gasteiger partial charge on any atom is -0.376 e. The van der Waals surface area contributed by atoms with Gasteiger partial charge < -0.3 is 10.5 Å². The van der Waals surface area contributed by atoms with E-state index >= 15 is 0 Å². The van der Waals surface area contributed by atoms with E-state index in [1.807, 2.05) is 0 Å². The van der Waals surface area contributed by atoms with Crippen LogP contribution in [-0.4, -0.2) is 12.7 Å². The summed E-state index contributed by atoms with van der Waals surface area (Å²) in [6, 6.07) is 3.90. The summed E-state index contributed by atoms with van der Waals surface area (Å²) in [5, 5.41) is 0.497. The molecule has 0 aromatic heterocycles. The van der Waals surface area contributed by atoms with Crippen LogP contribution in [0.15, 0.2) is 18.2 Å². The summed E-state index contributed by atoms with van der Waals surface area (Å²) in [6.45, 7) is 0. The summed E-state index contributed by atoms with van der Waals surface area (Å²) in [4.78, 5) is 0. The highest BCUT2D eigenvalue weighted by molar-refractivity contribution is 6.31. The average molecular weight is 244 g/mol. The molecule has 88 valence electrons. The van der Waals surface area contributed by atoms with E-state index in [1.54, 1.807) is 7.11 Å². The van der Waals surface area contributed by atoms with Crippen molar-refractivity contribution in [3.8, 4) is 0 Å². The molecule has 1 atom stereocenters. The first-order valence-corrected chi connectivity index (χ1v) is 5.72. The maximum absolute atomic E-state index is 13.2. The van der Waals surface area contributed by atoms with Gasteiger partial charge in [0, 0.05) is 12.1 Å². The zero-order valence-corrected chi connectivity index (χ0v) is 9.93. The molecule has 1 saturated carbocycles. The molecule has 2 rings (SSSR count). The average Bonchev–Trinajstić information content (AvgIpc) is 2.21. The maximum atomic E-state index is 13.2. The number of halogens is 2. The molecular formula is C12H15ClFNO. The van der Waals surface area contributed by atoms with Crippen LogP contribution >= 0.6 is 11.6 Å². The normalized spacial score (nSPS) is 20.2. The molecule has 0 amide bonds. The summed E-state index contributed by atoms with van der Waals surface area (Å²) in [5.74, 6) is -0.319. The van der Waals surface area contributed by atoms with Crippen LogP contribution < -0.4 is 5.73 Å². The second-order valence-electron chi connectivity index (χ2n) is 4.27. The largest absolute Gasteiger partial charge is 0.376 e. The summed E-state index contributed by atoms with van der Waals surface area (Å²) in [5.41, 5.74) is 6.40. The third kappa shape index (κ3) is 1.83. The minimum atomic E-state index is -0.366. The van der Waals surface area contributed by atoms with E-state index < -0.39 is 0 Å². The van der Waals surface area contributed by atoms with Gasteiger partial charge in [0.25, 0.3) is 0 Å². The van der Waals surface area contributed by atoms with Crippen LogP contribution in [0.5, 0.6) is 0 Å². The van der Waals surface area contributed by atoms with E-state index in [0.717, 1.165) is 19.3 Å². The highest BCUT2D eigenvalue weighted by Gasteiger charge is 2.44. The van der Waals surface area contributed by atoms with E-state index in [-0.39, 0.29) is 17.5 Å². The summed E-state index contributed by atoms with van der Waals surface area (Å²) < 4.78 is 18.6. The predicted octanol–water partition coefficient (Wildman–Crippen LogP) is 3.05. The fraction of sp³-hybridized carbons (Fsp3) is 0.500. The Bertz CT molecular complexity index is 387. The first kappa shape index (κ1) is 11.8. The van der Waals surface area contributed by atoms with Crippen LogP contribution in [0.1, 0.15) is 30.9 Å². The lowest BCUT2D eigenvalue weighted by atomic mass is 9.72. The van der Waals surface area contributed by atoms with Gasteiger partial charge in [0.05, 0.1) is 11.6 Å². The van der Waals surface area contributed by atoms with Gasteiger partial charge in [0.2, 0.25) is 0 Å². The predicted molar refractivity (Wildman–Crippen MR) is 61.9 cm³/mol. The maximum Gasteiger partial charge on any atom is 0.123 e. The Balaban J connectivity index is 2.32. The lowest BCUT2D eigenvalue weighted by molar-refractivity contribution is -0.0911. The number of rotatable bonds is 3. The van der Waals surface area contributed by atoms with E-state index in [1.165, 1.54) is 18.2 Å². The van der Waals surface area contributed by atoms with Gasteiger partial charge in [-0.15, -0.1) is 0 Å². The third-order valence-corrected chi connectivity index (χ3v) is 3.81. The molecular weight excluding hydrogens is 229 g/mol. The third-order valence-electron chi connectivity index (χ3n) is 3.47. The van der Waals surface area contributed by atoms with Crippen molar-refractivity contribution in [2.45, 2.75) is 30.9 Å². The zero-order chi connectivity index (χ0) is 11.8. The summed E-state index contributed by atoms with van der Waals surface area (Å²) in [6.07, 6.45) is 2.89. The number of methoxy groups -OCH3 is 1. The molecule has 0 saturated heterocycles. The molecule has 16 heavy (non-hydrogen) atoms. The molecule has 2 nitrogen and oxygen atoms in total. The first-order valence-electron chi connectivity index (χ1n) is 5.35. The van der Waals surface area contributed by atoms with Gasteiger partial charge in [-0.2, -0.15) is 0 Å². The molecule has 0 aliphatic heterocycles. The molecule has 1 unspecified atom stereocenters. The number of benzene rings is 1. The highest BCUT2D eigenvalue weighted by atomic mass is 35.5. The lowest BCUT2D eigenvalue weighted by Gasteiger charge is -2.45. The second kappa shape index (κ2) is 4.32. The van der Waals surface area contributed by atoms with Crippen LogP contribution in [0, 0.1) is 5.82 Å². The van der Waals surface area contributed by atoms with Crippen LogP contribution in [0.25, 0.3) is 0 Å². The molecule has 4 heteroatoms. The summed E-state index contributed by atoms with van der Waals surface area (Å²) in [7, 11) is 1.65. The van der Waals surface area contributed by atoms with Gasteiger partial charge in [-0.1, -0.05) is 11.6 Å². The van der Waals surface area contributed by atoms with Gasteiger partial charge in [-0.3, -0.25) is 0 Å². The van der Waals surface area contributed by atoms with E-state index in [4.69, 9.17) is 22.1 Å². The van der Waals surface area contributed by atoms with Crippen LogP contribution in [0.3, 0.4) is 0 Å². The number of nitrogens with two attached hydrogens (primary N) is 1. The Hall–Kier alpha value is -0.640. The Kier molecular flexibility index (Phi) is 3.19. The van der Waals surface area contributed by atoms with Crippen molar-refractivity contribution in [2.24, 2.45) is 5.73 Å². The van der Waals surface area contributed by atoms with E-state index in [0.29, 0.717) is 10.6 Å². The van der Waals surface area contributed by atoms with Crippen molar-refractivity contribution in [3.05, 3.63) is 34.6 Å². The molecule has 1 aromatic carbocycles. The number of hydrogen-bond acceptors (Lipinski definition) is 2. The van der Waals surface area contributed by atoms with Crippen molar-refractivity contribution < 1.29 is 9.13 Å². The second-order valence-corrected chi connectivity index (χ2v) is 4.67. The zero-order valence-electron chi connectivity index (χ0n) is 9.17. The van der Waals surface area contributed by atoms with Crippen LogP contribution in [-0.2, 0) is 4.74 Å². The lowest BCUT2D eigenvalue weighted by Crippen LogP contribution is -2.48. The number of ether oxygens (including phenoxy) is 1. The number of hydrogen-bond donors (Lipinski definition) is 1. The Morgan fingerprint density at radius 1 is 1.50 bits per heavy atom. The van der Waals surface area contributed by atoms with Crippen molar-refractivity contribution in [1.29, 1.82) is 0 Å². The SMILES string of the molecule is COC1(C(N)c2cc(F)ccc2Cl)CCC1. The Morgan fingerprint density at radius 3 is 2.69 bits per heavy atom. The summed E-state index contributed by atoms with van der Waals surface area (Å²) >= 11 is 6.03. The molecule has 0 bridgehead atoms. The molecule has 0 heterocycles. The van der Waals surface area contributed by atoms with Gasteiger partial charge in [-0.25, -0.2) is 4.39 Å². The van der Waals surface area contributed by atoms with Gasteiger partial charge in [0.15, 0.2) is 0 Å². The minimum absolute atomic E-state index is 0.319. The van der Waals surface area contributed by atoms with Crippen LogP contribution in [0.2, 0.25) is 5.02 Å². The fourth-order valence-electron chi connectivity index (χ4n) is 2.20. The van der Waals surface area contributed by atoms with Crippen LogP contribution in [0.4, 0.5) is 4.39 Å². The quantitative estimate of drug-likeness (QED) is 0.886. The molecule has 0 radical (unpaired) electrons. The highest BCUT2D eigenvalue weighted by Crippen LogP contribution is 2.45. The van der Waals surface area contributed by atoms with Crippen molar-refractivity contribution in [3.63, 3.8) is 0 Å². The van der Waals surface area contributed by atoms with Gasteiger partial charge in [-0.05, 0) is 43.0 Å². The smallest absolute Gasteiger partial charge is 0.123 e.